The van der Waals surface area contributed by atoms with Gasteiger partial charge in [-0.25, -0.2) is 9.00 Å². The molecule has 3 aromatic carbocycles. The van der Waals surface area contributed by atoms with Gasteiger partial charge >= 0.3 is 6.03 Å². The molecule has 1 unspecified atom stereocenters. The summed E-state index contributed by atoms with van der Waals surface area (Å²) in [4.78, 5) is 13.4. The second kappa shape index (κ2) is 7.63. The highest BCUT2D eigenvalue weighted by Gasteiger charge is 2.11. The first-order valence-electron chi connectivity index (χ1n) is 7.63. The molecule has 0 aromatic heterocycles. The van der Waals surface area contributed by atoms with E-state index in [0.29, 0.717) is 26.9 Å². The number of urea groups is 1. The zero-order valence-electron chi connectivity index (χ0n) is 13.3. The van der Waals surface area contributed by atoms with Crippen LogP contribution < -0.4 is 16.4 Å². The van der Waals surface area contributed by atoms with Crippen molar-refractivity contribution in [3.63, 3.8) is 0 Å². The monoisotopic (exact) mass is 351 g/mol. The van der Waals surface area contributed by atoms with Crippen LogP contribution in [0.5, 0.6) is 0 Å². The van der Waals surface area contributed by atoms with Gasteiger partial charge in [-0.2, -0.15) is 0 Å². The highest BCUT2D eigenvalue weighted by Crippen LogP contribution is 2.25. The Hall–Kier alpha value is -3.12. The summed E-state index contributed by atoms with van der Waals surface area (Å²) in [6.45, 7) is 0. The maximum Gasteiger partial charge on any atom is 0.323 e. The summed E-state index contributed by atoms with van der Waals surface area (Å²) in [7, 11) is -1.35. The fraction of sp³-hybridized carbons (Fsp3) is 0. The summed E-state index contributed by atoms with van der Waals surface area (Å²) in [6, 6.07) is 22.7. The number of hydrogen-bond acceptors (Lipinski definition) is 3. The molecule has 0 radical (unpaired) electrons. The fourth-order valence-electron chi connectivity index (χ4n) is 2.25. The Morgan fingerprint density at radius 1 is 0.800 bits per heavy atom. The van der Waals surface area contributed by atoms with Crippen LogP contribution >= 0.6 is 0 Å². The van der Waals surface area contributed by atoms with Crippen molar-refractivity contribution in [1.82, 2.24) is 0 Å². The Morgan fingerprint density at radius 2 is 1.44 bits per heavy atom. The van der Waals surface area contributed by atoms with Crippen molar-refractivity contribution in [2.24, 2.45) is 0 Å². The zero-order chi connectivity index (χ0) is 17.6. The number of carbonyl (C=O) groups excluding carboxylic acids is 1. The maximum atomic E-state index is 12.6. The van der Waals surface area contributed by atoms with Crippen LogP contribution in [0.15, 0.2) is 88.7 Å². The van der Waals surface area contributed by atoms with E-state index < -0.39 is 16.8 Å². The summed E-state index contributed by atoms with van der Waals surface area (Å²) in [5.74, 6) is 0. The largest absolute Gasteiger partial charge is 0.397 e. The van der Waals surface area contributed by atoms with Gasteiger partial charge in [0.1, 0.15) is 0 Å². The van der Waals surface area contributed by atoms with Crippen LogP contribution in [-0.2, 0) is 10.8 Å². The Kier molecular flexibility index (Phi) is 5.11. The molecule has 0 spiro atoms. The molecule has 0 fully saturated rings. The van der Waals surface area contributed by atoms with Crippen molar-refractivity contribution in [3.8, 4) is 0 Å². The third kappa shape index (κ3) is 4.24. The molecule has 0 aliphatic carbocycles. The minimum absolute atomic E-state index is 0.400. The summed E-state index contributed by atoms with van der Waals surface area (Å²) in [5, 5.41) is 5.41. The number of rotatable bonds is 4. The van der Waals surface area contributed by atoms with Crippen molar-refractivity contribution < 1.29 is 9.00 Å². The number of para-hydroxylation sites is 1. The van der Waals surface area contributed by atoms with Crippen LogP contribution in [0.1, 0.15) is 0 Å². The minimum atomic E-state index is -1.35. The maximum absolute atomic E-state index is 12.6. The molecule has 126 valence electrons. The molecule has 1 atom stereocenters. The van der Waals surface area contributed by atoms with Crippen LogP contribution in [0.2, 0.25) is 0 Å². The van der Waals surface area contributed by atoms with Crippen LogP contribution in [0.3, 0.4) is 0 Å². The van der Waals surface area contributed by atoms with Crippen LogP contribution in [0.25, 0.3) is 0 Å². The molecule has 3 aromatic rings. The van der Waals surface area contributed by atoms with Gasteiger partial charge < -0.3 is 16.4 Å². The quantitative estimate of drug-likeness (QED) is 0.619. The van der Waals surface area contributed by atoms with Gasteiger partial charge in [-0.15, -0.1) is 0 Å². The standard InChI is InChI=1S/C19H17N3O2S/c20-17-12-11-16(25(24)15-9-5-2-6-10-15)13-18(17)22-19(23)21-14-7-3-1-4-8-14/h1-13H,20H2,(H2,21,22,23). The molecule has 0 saturated heterocycles. The molecule has 3 rings (SSSR count). The second-order valence-electron chi connectivity index (χ2n) is 5.28. The van der Waals surface area contributed by atoms with Crippen LogP contribution in [-0.4, -0.2) is 10.2 Å². The molecule has 0 bridgehead atoms. The summed E-state index contributed by atoms with van der Waals surface area (Å²) >= 11 is 0. The van der Waals surface area contributed by atoms with E-state index in [1.807, 2.05) is 36.4 Å². The molecule has 0 saturated carbocycles. The first-order chi connectivity index (χ1) is 12.1. The molecular weight excluding hydrogens is 334 g/mol. The Bertz CT molecular complexity index is 899. The molecule has 0 aliphatic heterocycles. The lowest BCUT2D eigenvalue weighted by molar-refractivity contribution is 0.262. The third-order valence-corrected chi connectivity index (χ3v) is 4.86. The molecular formula is C19H17N3O2S. The van der Waals surface area contributed by atoms with E-state index in [-0.39, 0.29) is 0 Å². The van der Waals surface area contributed by atoms with Gasteiger partial charge in [0.05, 0.1) is 22.2 Å². The zero-order valence-corrected chi connectivity index (χ0v) is 14.1. The normalized spacial score (nSPS) is 11.5. The minimum Gasteiger partial charge on any atom is -0.397 e. The van der Waals surface area contributed by atoms with Crippen molar-refractivity contribution >= 4 is 33.9 Å². The van der Waals surface area contributed by atoms with Crippen molar-refractivity contribution in [1.29, 1.82) is 0 Å². The number of nitrogens with two attached hydrogens (primary N) is 1. The second-order valence-corrected chi connectivity index (χ2v) is 6.76. The van der Waals surface area contributed by atoms with E-state index >= 15 is 0 Å². The molecule has 0 heterocycles. The topological polar surface area (TPSA) is 84.2 Å². The number of nitrogen functional groups attached to an aromatic ring is 1. The molecule has 4 N–H and O–H groups in total. The fourth-order valence-corrected chi connectivity index (χ4v) is 3.34. The van der Waals surface area contributed by atoms with Gasteiger partial charge in [-0.1, -0.05) is 36.4 Å². The summed E-state index contributed by atoms with van der Waals surface area (Å²) < 4.78 is 12.6. The first-order valence-corrected chi connectivity index (χ1v) is 8.78. The average molecular weight is 351 g/mol. The van der Waals surface area contributed by atoms with E-state index in [1.54, 1.807) is 42.5 Å². The lowest BCUT2D eigenvalue weighted by Gasteiger charge is -2.11. The Labute approximate surface area is 148 Å². The van der Waals surface area contributed by atoms with E-state index in [4.69, 9.17) is 5.73 Å². The van der Waals surface area contributed by atoms with Crippen molar-refractivity contribution in [3.05, 3.63) is 78.9 Å². The number of hydrogen-bond donors (Lipinski definition) is 3. The lowest BCUT2D eigenvalue weighted by Crippen LogP contribution is -2.20. The predicted molar refractivity (Wildman–Crippen MR) is 101 cm³/mol. The predicted octanol–water partition coefficient (Wildman–Crippen LogP) is 4.08. The van der Waals surface area contributed by atoms with Crippen LogP contribution in [0, 0.1) is 0 Å². The highest BCUT2D eigenvalue weighted by atomic mass is 32.2. The van der Waals surface area contributed by atoms with Crippen molar-refractivity contribution in [2.75, 3.05) is 16.4 Å². The average Bonchev–Trinajstić information content (AvgIpc) is 2.64. The highest BCUT2D eigenvalue weighted by molar-refractivity contribution is 7.85. The number of nitrogens with one attached hydrogen (secondary N) is 2. The summed E-state index contributed by atoms with van der Waals surface area (Å²) in [6.07, 6.45) is 0. The molecule has 25 heavy (non-hydrogen) atoms. The van der Waals surface area contributed by atoms with E-state index in [2.05, 4.69) is 10.6 Å². The van der Waals surface area contributed by atoms with Gasteiger partial charge in [0.2, 0.25) is 0 Å². The van der Waals surface area contributed by atoms with Gasteiger partial charge in [-0.05, 0) is 42.5 Å². The molecule has 2 amide bonds. The van der Waals surface area contributed by atoms with Crippen LogP contribution in [0.4, 0.5) is 21.9 Å². The smallest absolute Gasteiger partial charge is 0.323 e. The Balaban J connectivity index is 1.78. The lowest BCUT2D eigenvalue weighted by atomic mass is 10.2. The van der Waals surface area contributed by atoms with Gasteiger partial charge in [-0.3, -0.25) is 0 Å². The van der Waals surface area contributed by atoms with E-state index in [1.165, 1.54) is 0 Å². The summed E-state index contributed by atoms with van der Waals surface area (Å²) in [5.41, 5.74) is 7.41. The first kappa shape index (κ1) is 16.7. The third-order valence-electron chi connectivity index (χ3n) is 3.48. The van der Waals surface area contributed by atoms with E-state index in [0.717, 1.165) is 0 Å². The van der Waals surface area contributed by atoms with E-state index in [9.17, 15) is 9.00 Å². The van der Waals surface area contributed by atoms with Gasteiger partial charge in [0.15, 0.2) is 0 Å². The van der Waals surface area contributed by atoms with Gasteiger partial charge in [0, 0.05) is 15.5 Å². The number of benzene rings is 3. The molecule has 6 heteroatoms. The SMILES string of the molecule is Nc1ccc(S(=O)c2ccccc2)cc1NC(=O)Nc1ccccc1. The number of amides is 2. The number of carbonyl (C=O) groups is 1. The molecule has 5 nitrogen and oxygen atoms in total. The molecule has 0 aliphatic rings. The Morgan fingerprint density at radius 3 is 2.12 bits per heavy atom. The van der Waals surface area contributed by atoms with Gasteiger partial charge in [0.25, 0.3) is 0 Å². The van der Waals surface area contributed by atoms with Crippen molar-refractivity contribution in [2.45, 2.75) is 9.79 Å². The number of anilines is 3.